The molecule has 4 heteroatoms. The van der Waals surface area contributed by atoms with Gasteiger partial charge in [0.2, 0.25) is 0 Å². The molecule has 0 aromatic heterocycles. The van der Waals surface area contributed by atoms with Crippen molar-refractivity contribution in [3.63, 3.8) is 0 Å². The van der Waals surface area contributed by atoms with E-state index in [1.807, 2.05) is 45.0 Å². The summed E-state index contributed by atoms with van der Waals surface area (Å²) < 4.78 is 10.4. The average Bonchev–Trinajstić information content (AvgIpc) is 2.29. The van der Waals surface area contributed by atoms with Crippen molar-refractivity contribution in [1.29, 1.82) is 0 Å². The molecule has 18 heavy (non-hydrogen) atoms. The maximum Gasteiger partial charge on any atom is 0.320 e. The first-order chi connectivity index (χ1) is 8.61. The van der Waals surface area contributed by atoms with E-state index in [1.165, 1.54) is 0 Å². The Kier molecular flexibility index (Phi) is 6.22. The number of ether oxygens (including phenoxy) is 2. The second kappa shape index (κ2) is 7.71. The van der Waals surface area contributed by atoms with Gasteiger partial charge in [-0.2, -0.15) is 0 Å². The van der Waals surface area contributed by atoms with Crippen molar-refractivity contribution in [2.75, 3.05) is 13.2 Å². The Hall–Kier alpha value is -1.55. The van der Waals surface area contributed by atoms with Crippen molar-refractivity contribution in [1.82, 2.24) is 5.32 Å². The maximum absolute atomic E-state index is 11.3. The van der Waals surface area contributed by atoms with Gasteiger partial charge in [-0.3, -0.25) is 4.79 Å². The van der Waals surface area contributed by atoms with E-state index in [0.717, 1.165) is 11.3 Å². The first-order valence-electron chi connectivity index (χ1n) is 6.23. The molecule has 0 amide bonds. The van der Waals surface area contributed by atoms with Gasteiger partial charge in [-0.15, -0.1) is 0 Å². The molecule has 0 aliphatic rings. The largest absolute Gasteiger partial charge is 0.494 e. The Balaban J connectivity index is 2.34. The molecule has 0 bridgehead atoms. The molecule has 1 aromatic rings. The minimum Gasteiger partial charge on any atom is -0.494 e. The standard InChI is InChI=1S/C14H21NO3/c1-4-17-13-7-5-6-12(8-13)9-15-10-14(16)18-11(2)3/h5-8,11,15H,4,9-10H2,1-3H3. The van der Waals surface area contributed by atoms with Gasteiger partial charge in [-0.25, -0.2) is 0 Å². The molecule has 0 spiro atoms. The highest BCUT2D eigenvalue weighted by Crippen LogP contribution is 2.12. The van der Waals surface area contributed by atoms with Crippen LogP contribution in [-0.4, -0.2) is 25.2 Å². The molecule has 0 unspecified atom stereocenters. The summed E-state index contributed by atoms with van der Waals surface area (Å²) in [6, 6.07) is 7.81. The molecule has 100 valence electrons. The summed E-state index contributed by atoms with van der Waals surface area (Å²) in [7, 11) is 0. The van der Waals surface area contributed by atoms with Crippen molar-refractivity contribution in [2.45, 2.75) is 33.4 Å². The van der Waals surface area contributed by atoms with Crippen molar-refractivity contribution >= 4 is 5.97 Å². The van der Waals surface area contributed by atoms with Crippen molar-refractivity contribution in [2.24, 2.45) is 0 Å². The highest BCUT2D eigenvalue weighted by molar-refractivity contribution is 5.71. The number of carbonyl (C=O) groups excluding carboxylic acids is 1. The van der Waals surface area contributed by atoms with Gasteiger partial charge >= 0.3 is 5.97 Å². The van der Waals surface area contributed by atoms with E-state index >= 15 is 0 Å². The quantitative estimate of drug-likeness (QED) is 0.754. The molecular formula is C14H21NO3. The molecule has 0 radical (unpaired) electrons. The fourth-order valence-corrected chi connectivity index (χ4v) is 1.53. The Bertz CT molecular complexity index is 377. The molecule has 1 aromatic carbocycles. The van der Waals surface area contributed by atoms with Crippen LogP contribution in [0.3, 0.4) is 0 Å². The zero-order valence-corrected chi connectivity index (χ0v) is 11.2. The van der Waals surface area contributed by atoms with E-state index < -0.39 is 0 Å². The van der Waals surface area contributed by atoms with Crippen LogP contribution in [0.1, 0.15) is 26.3 Å². The molecule has 0 aliphatic heterocycles. The van der Waals surface area contributed by atoms with Crippen LogP contribution in [0, 0.1) is 0 Å². The van der Waals surface area contributed by atoms with E-state index in [0.29, 0.717) is 13.2 Å². The van der Waals surface area contributed by atoms with Crippen LogP contribution in [0.4, 0.5) is 0 Å². The van der Waals surface area contributed by atoms with Crippen LogP contribution >= 0.6 is 0 Å². The molecule has 0 heterocycles. The van der Waals surface area contributed by atoms with Crippen molar-refractivity contribution in [3.8, 4) is 5.75 Å². The second-order valence-electron chi connectivity index (χ2n) is 4.22. The third-order valence-corrected chi connectivity index (χ3v) is 2.18. The lowest BCUT2D eigenvalue weighted by molar-refractivity contribution is -0.146. The van der Waals surface area contributed by atoms with E-state index in [1.54, 1.807) is 0 Å². The summed E-state index contributed by atoms with van der Waals surface area (Å²) in [4.78, 5) is 11.3. The van der Waals surface area contributed by atoms with Gasteiger partial charge in [0, 0.05) is 6.54 Å². The van der Waals surface area contributed by atoms with Gasteiger partial charge in [-0.05, 0) is 38.5 Å². The SMILES string of the molecule is CCOc1cccc(CNCC(=O)OC(C)C)c1. The highest BCUT2D eigenvalue weighted by atomic mass is 16.5. The number of hydrogen-bond acceptors (Lipinski definition) is 4. The van der Waals surface area contributed by atoms with Gasteiger partial charge in [0.05, 0.1) is 19.3 Å². The van der Waals surface area contributed by atoms with Crippen LogP contribution < -0.4 is 10.1 Å². The summed E-state index contributed by atoms with van der Waals surface area (Å²) in [5.41, 5.74) is 1.08. The maximum atomic E-state index is 11.3. The van der Waals surface area contributed by atoms with Crippen LogP contribution in [0.15, 0.2) is 24.3 Å². The topological polar surface area (TPSA) is 47.6 Å². The zero-order valence-electron chi connectivity index (χ0n) is 11.2. The van der Waals surface area contributed by atoms with Gasteiger partial charge in [0.1, 0.15) is 5.75 Å². The first kappa shape index (κ1) is 14.5. The van der Waals surface area contributed by atoms with Gasteiger partial charge < -0.3 is 14.8 Å². The predicted octanol–water partition coefficient (Wildman–Crippen LogP) is 2.13. The lowest BCUT2D eigenvalue weighted by Gasteiger charge is -2.09. The third-order valence-electron chi connectivity index (χ3n) is 2.18. The number of rotatable bonds is 7. The average molecular weight is 251 g/mol. The number of esters is 1. The van der Waals surface area contributed by atoms with E-state index in [9.17, 15) is 4.79 Å². The number of hydrogen-bond donors (Lipinski definition) is 1. The third kappa shape index (κ3) is 5.68. The minimum atomic E-state index is -0.231. The Labute approximate surface area is 108 Å². The van der Waals surface area contributed by atoms with E-state index in [-0.39, 0.29) is 18.6 Å². The fraction of sp³-hybridized carbons (Fsp3) is 0.500. The normalized spacial score (nSPS) is 10.4. The molecule has 4 nitrogen and oxygen atoms in total. The summed E-state index contributed by atoms with van der Waals surface area (Å²) >= 11 is 0. The lowest BCUT2D eigenvalue weighted by atomic mass is 10.2. The van der Waals surface area contributed by atoms with Gasteiger partial charge in [-0.1, -0.05) is 12.1 Å². The molecule has 0 saturated heterocycles. The molecule has 0 atom stereocenters. The molecule has 1 rings (SSSR count). The van der Waals surface area contributed by atoms with Gasteiger partial charge in [0.15, 0.2) is 0 Å². The summed E-state index contributed by atoms with van der Waals surface area (Å²) in [6.45, 7) is 7.11. The smallest absolute Gasteiger partial charge is 0.320 e. The summed E-state index contributed by atoms with van der Waals surface area (Å²) in [5.74, 6) is 0.618. The van der Waals surface area contributed by atoms with Crippen LogP contribution in [0.5, 0.6) is 5.75 Å². The fourth-order valence-electron chi connectivity index (χ4n) is 1.53. The zero-order chi connectivity index (χ0) is 13.4. The summed E-state index contributed by atoms with van der Waals surface area (Å²) in [6.07, 6.45) is -0.0689. The van der Waals surface area contributed by atoms with Crippen molar-refractivity contribution in [3.05, 3.63) is 29.8 Å². The highest BCUT2D eigenvalue weighted by Gasteiger charge is 2.04. The number of carbonyl (C=O) groups is 1. The Morgan fingerprint density at radius 3 is 2.83 bits per heavy atom. The van der Waals surface area contributed by atoms with Crippen LogP contribution in [0.25, 0.3) is 0 Å². The molecular weight excluding hydrogens is 230 g/mol. The molecule has 1 N–H and O–H groups in total. The Morgan fingerprint density at radius 2 is 2.17 bits per heavy atom. The number of benzene rings is 1. The molecule has 0 aliphatic carbocycles. The molecule has 0 saturated carbocycles. The first-order valence-corrected chi connectivity index (χ1v) is 6.23. The lowest BCUT2D eigenvalue weighted by Crippen LogP contribution is -2.26. The summed E-state index contributed by atoms with van der Waals surface area (Å²) in [5, 5.41) is 3.05. The molecule has 0 fully saturated rings. The van der Waals surface area contributed by atoms with Crippen LogP contribution in [0.2, 0.25) is 0 Å². The minimum absolute atomic E-state index is 0.0689. The van der Waals surface area contributed by atoms with E-state index in [4.69, 9.17) is 9.47 Å². The van der Waals surface area contributed by atoms with Crippen molar-refractivity contribution < 1.29 is 14.3 Å². The second-order valence-corrected chi connectivity index (χ2v) is 4.22. The van der Waals surface area contributed by atoms with Crippen LogP contribution in [-0.2, 0) is 16.1 Å². The Morgan fingerprint density at radius 1 is 1.39 bits per heavy atom. The van der Waals surface area contributed by atoms with Gasteiger partial charge in [0.25, 0.3) is 0 Å². The van der Waals surface area contributed by atoms with E-state index in [2.05, 4.69) is 5.32 Å². The number of nitrogens with one attached hydrogen (secondary N) is 1. The predicted molar refractivity (Wildman–Crippen MR) is 70.5 cm³/mol. The monoisotopic (exact) mass is 251 g/mol.